The first kappa shape index (κ1) is 45.5. The molecule has 0 heterocycles. The van der Waals surface area contributed by atoms with E-state index in [0.29, 0.717) is 12.8 Å². The number of nitrogens with one attached hydrogen (secondary N) is 1. The molecule has 0 aromatic rings. The van der Waals surface area contributed by atoms with Gasteiger partial charge in [-0.15, -0.1) is 0 Å². The number of amides is 1. The summed E-state index contributed by atoms with van der Waals surface area (Å²) >= 11 is 0. The van der Waals surface area contributed by atoms with E-state index in [0.717, 1.165) is 51.4 Å². The first-order valence-corrected chi connectivity index (χ1v) is 19.9. The fourth-order valence-electron chi connectivity index (χ4n) is 5.91. The zero-order chi connectivity index (χ0) is 34.6. The Labute approximate surface area is 290 Å². The van der Waals surface area contributed by atoms with E-state index in [9.17, 15) is 25.2 Å². The van der Waals surface area contributed by atoms with Gasteiger partial charge in [-0.3, -0.25) is 4.79 Å². The second-order valence-corrected chi connectivity index (χ2v) is 13.6. The molecule has 0 saturated heterocycles. The third kappa shape index (κ3) is 30.3. The molecule has 0 spiro atoms. The van der Waals surface area contributed by atoms with E-state index < -0.39 is 36.9 Å². The van der Waals surface area contributed by atoms with E-state index in [-0.39, 0.29) is 0 Å². The predicted octanol–water partition coefficient (Wildman–Crippen LogP) is 9.79. The Morgan fingerprint density at radius 1 is 0.553 bits per heavy atom. The average Bonchev–Trinajstić information content (AvgIpc) is 3.07. The zero-order valence-corrected chi connectivity index (χ0v) is 30.8. The molecule has 0 saturated carbocycles. The summed E-state index contributed by atoms with van der Waals surface area (Å²) in [6.07, 6.45) is 40.3. The normalized spacial score (nSPS) is 14.8. The van der Waals surface area contributed by atoms with E-state index >= 15 is 0 Å². The molecule has 0 fully saturated rings. The van der Waals surface area contributed by atoms with Crippen molar-refractivity contribution in [1.29, 1.82) is 0 Å². The summed E-state index contributed by atoms with van der Waals surface area (Å²) in [7, 11) is 0. The van der Waals surface area contributed by atoms with Gasteiger partial charge in [0.15, 0.2) is 0 Å². The fraction of sp³-hybridized carbons (Fsp3) is 0.829. The number of aliphatic hydroxyl groups is 4. The molecular weight excluding hydrogens is 586 g/mol. The van der Waals surface area contributed by atoms with Crippen LogP contribution in [0.25, 0.3) is 0 Å². The molecule has 0 rings (SSSR count). The van der Waals surface area contributed by atoms with Crippen molar-refractivity contribution in [2.45, 2.75) is 212 Å². The SMILES string of the molecule is CC/C=C\C/C=C\CCCCCCCCCCCCCCCC(O)C(=O)NC(CO)C(O)C(O)CCC/C=C/CCCCCCCC. The molecule has 0 aliphatic rings. The standard InChI is InChI=1S/C41H77NO5/c1-3-5-7-9-11-13-15-16-17-18-19-20-21-22-23-25-27-29-31-33-35-39(45)41(47)42-37(36-43)40(46)38(44)34-32-30-28-26-24-14-12-10-8-6-4-2/h5,7,11,13,26,28,37-40,43-46H,3-4,6,8-10,12,14-25,27,29-36H2,1-2H3,(H,42,47)/b7-5-,13-11-,28-26+. The maximum absolute atomic E-state index is 12.5. The summed E-state index contributed by atoms with van der Waals surface area (Å²) in [4.78, 5) is 12.5. The van der Waals surface area contributed by atoms with Gasteiger partial charge in [-0.25, -0.2) is 0 Å². The van der Waals surface area contributed by atoms with Crippen LogP contribution >= 0.6 is 0 Å². The monoisotopic (exact) mass is 664 g/mol. The molecule has 276 valence electrons. The van der Waals surface area contributed by atoms with E-state index in [1.807, 2.05) is 0 Å². The largest absolute Gasteiger partial charge is 0.394 e. The number of rotatable bonds is 35. The number of hydrogen-bond acceptors (Lipinski definition) is 5. The molecule has 0 bridgehead atoms. The number of carbonyl (C=O) groups is 1. The minimum atomic E-state index is -1.28. The van der Waals surface area contributed by atoms with Gasteiger partial charge in [0.1, 0.15) is 12.2 Å². The first-order chi connectivity index (χ1) is 23.0. The van der Waals surface area contributed by atoms with Crippen molar-refractivity contribution < 1.29 is 25.2 Å². The van der Waals surface area contributed by atoms with Crippen molar-refractivity contribution in [1.82, 2.24) is 5.32 Å². The van der Waals surface area contributed by atoms with Crippen LogP contribution in [0, 0.1) is 0 Å². The van der Waals surface area contributed by atoms with Gasteiger partial charge in [0.05, 0.1) is 18.8 Å². The maximum atomic E-state index is 12.5. The molecular formula is C41H77NO5. The second kappa shape index (κ2) is 35.8. The number of allylic oxidation sites excluding steroid dienone is 6. The Hall–Kier alpha value is -1.47. The Morgan fingerprint density at radius 3 is 1.51 bits per heavy atom. The van der Waals surface area contributed by atoms with Gasteiger partial charge >= 0.3 is 0 Å². The molecule has 0 radical (unpaired) electrons. The minimum absolute atomic E-state index is 0.361. The topological polar surface area (TPSA) is 110 Å². The summed E-state index contributed by atoms with van der Waals surface area (Å²) in [6, 6.07) is -0.999. The Kier molecular flexibility index (Phi) is 34.7. The van der Waals surface area contributed by atoms with Gasteiger partial charge < -0.3 is 25.7 Å². The smallest absolute Gasteiger partial charge is 0.249 e. The van der Waals surface area contributed by atoms with Crippen molar-refractivity contribution >= 4 is 5.91 Å². The number of unbranched alkanes of at least 4 members (excludes halogenated alkanes) is 20. The van der Waals surface area contributed by atoms with Gasteiger partial charge in [-0.1, -0.05) is 159 Å². The van der Waals surface area contributed by atoms with Crippen LogP contribution < -0.4 is 5.32 Å². The third-order valence-corrected chi connectivity index (χ3v) is 9.08. The zero-order valence-electron chi connectivity index (χ0n) is 30.8. The Bertz CT molecular complexity index is 752. The lowest BCUT2D eigenvalue weighted by Crippen LogP contribution is -2.53. The molecule has 4 unspecified atom stereocenters. The number of carbonyl (C=O) groups excluding carboxylic acids is 1. The van der Waals surface area contributed by atoms with E-state index in [1.54, 1.807) is 0 Å². The molecule has 47 heavy (non-hydrogen) atoms. The lowest BCUT2D eigenvalue weighted by atomic mass is 10.00. The van der Waals surface area contributed by atoms with Crippen molar-refractivity contribution in [2.24, 2.45) is 0 Å². The van der Waals surface area contributed by atoms with Crippen LogP contribution in [0.5, 0.6) is 0 Å². The van der Waals surface area contributed by atoms with Gasteiger partial charge in [-0.2, -0.15) is 0 Å². The summed E-state index contributed by atoms with van der Waals surface area (Å²) < 4.78 is 0. The predicted molar refractivity (Wildman–Crippen MR) is 200 cm³/mol. The van der Waals surface area contributed by atoms with Crippen LogP contribution in [-0.2, 0) is 4.79 Å². The van der Waals surface area contributed by atoms with Crippen LogP contribution in [0.3, 0.4) is 0 Å². The average molecular weight is 664 g/mol. The van der Waals surface area contributed by atoms with Gasteiger partial charge in [0.2, 0.25) is 5.91 Å². The Morgan fingerprint density at radius 2 is 1.00 bits per heavy atom. The lowest BCUT2D eigenvalue weighted by Gasteiger charge is -2.27. The fourth-order valence-corrected chi connectivity index (χ4v) is 5.91. The number of aliphatic hydroxyl groups excluding tert-OH is 4. The summed E-state index contributed by atoms with van der Waals surface area (Å²) in [5, 5.41) is 43.4. The van der Waals surface area contributed by atoms with Crippen LogP contribution in [0.1, 0.15) is 187 Å². The van der Waals surface area contributed by atoms with Gasteiger partial charge in [0.25, 0.3) is 0 Å². The molecule has 6 heteroatoms. The highest BCUT2D eigenvalue weighted by atomic mass is 16.3. The van der Waals surface area contributed by atoms with Gasteiger partial charge in [0, 0.05) is 0 Å². The summed E-state index contributed by atoms with van der Waals surface area (Å²) in [5.41, 5.74) is 0. The second-order valence-electron chi connectivity index (χ2n) is 13.6. The van der Waals surface area contributed by atoms with Crippen LogP contribution in [0.15, 0.2) is 36.5 Å². The first-order valence-electron chi connectivity index (χ1n) is 19.9. The van der Waals surface area contributed by atoms with E-state index in [1.165, 1.54) is 109 Å². The molecule has 6 nitrogen and oxygen atoms in total. The highest BCUT2D eigenvalue weighted by Gasteiger charge is 2.28. The van der Waals surface area contributed by atoms with E-state index in [2.05, 4.69) is 55.6 Å². The Balaban J connectivity index is 3.76. The highest BCUT2D eigenvalue weighted by molar-refractivity contribution is 5.80. The molecule has 4 atom stereocenters. The third-order valence-electron chi connectivity index (χ3n) is 9.08. The van der Waals surface area contributed by atoms with Crippen molar-refractivity contribution in [3.63, 3.8) is 0 Å². The van der Waals surface area contributed by atoms with Crippen LogP contribution in [0.2, 0.25) is 0 Å². The van der Waals surface area contributed by atoms with Crippen LogP contribution in [0.4, 0.5) is 0 Å². The molecule has 0 aliphatic heterocycles. The maximum Gasteiger partial charge on any atom is 0.249 e. The molecule has 0 aliphatic carbocycles. The summed E-state index contributed by atoms with van der Waals surface area (Å²) in [5.74, 6) is -0.597. The number of hydrogen-bond donors (Lipinski definition) is 5. The lowest BCUT2D eigenvalue weighted by molar-refractivity contribution is -0.132. The highest BCUT2D eigenvalue weighted by Crippen LogP contribution is 2.15. The minimum Gasteiger partial charge on any atom is -0.394 e. The van der Waals surface area contributed by atoms with Crippen molar-refractivity contribution in [3.05, 3.63) is 36.5 Å². The molecule has 0 aromatic heterocycles. The summed E-state index contributed by atoms with van der Waals surface area (Å²) in [6.45, 7) is 3.90. The van der Waals surface area contributed by atoms with E-state index in [4.69, 9.17) is 0 Å². The van der Waals surface area contributed by atoms with Crippen molar-refractivity contribution in [2.75, 3.05) is 6.61 Å². The van der Waals surface area contributed by atoms with Crippen LogP contribution in [-0.4, -0.2) is 57.3 Å². The van der Waals surface area contributed by atoms with Crippen molar-refractivity contribution in [3.8, 4) is 0 Å². The van der Waals surface area contributed by atoms with Gasteiger partial charge in [-0.05, 0) is 64.2 Å². The molecule has 0 aromatic carbocycles. The molecule has 1 amide bonds. The molecule has 5 N–H and O–H groups in total. The quantitative estimate of drug-likeness (QED) is 0.0343.